The summed E-state index contributed by atoms with van der Waals surface area (Å²) in [6.45, 7) is 9.18. The lowest BCUT2D eigenvalue weighted by Crippen LogP contribution is -2.46. The Morgan fingerprint density at radius 2 is 1.60 bits per heavy atom. The van der Waals surface area contributed by atoms with Crippen molar-refractivity contribution in [1.82, 2.24) is 14.9 Å². The Balaban J connectivity index is 1.56. The number of nitrogens with two attached hydrogens (primary N) is 1. The third kappa shape index (κ3) is 3.14. The van der Waals surface area contributed by atoms with Crippen LogP contribution in [-0.4, -0.2) is 54.1 Å². The highest BCUT2D eigenvalue weighted by Crippen LogP contribution is 2.32. The number of hydrogen-bond donors (Lipinski definition) is 1. The SMILES string of the molecule is CCN1CCN(c2ncnc(N3CCc4ccccc4C3)c2N)CC1. The second-order valence-corrected chi connectivity index (χ2v) is 6.80. The molecule has 0 atom stereocenters. The third-order valence-corrected chi connectivity index (χ3v) is 5.39. The first-order chi connectivity index (χ1) is 12.3. The van der Waals surface area contributed by atoms with Crippen molar-refractivity contribution in [2.24, 2.45) is 0 Å². The molecule has 0 saturated carbocycles. The molecular formula is C19H26N6. The van der Waals surface area contributed by atoms with Crippen LogP contribution in [0.3, 0.4) is 0 Å². The van der Waals surface area contributed by atoms with Gasteiger partial charge in [-0.15, -0.1) is 0 Å². The number of hydrogen-bond acceptors (Lipinski definition) is 6. The molecule has 0 unspecified atom stereocenters. The highest BCUT2D eigenvalue weighted by molar-refractivity contribution is 5.76. The standard InChI is InChI=1S/C19H26N6/c1-2-23-9-11-24(12-10-23)18-17(20)19(22-14-21-18)25-8-7-15-5-3-4-6-16(15)13-25/h3-6,14H,2,7-13,20H2,1H3. The lowest BCUT2D eigenvalue weighted by atomic mass is 10.00. The van der Waals surface area contributed by atoms with E-state index in [0.29, 0.717) is 5.69 Å². The van der Waals surface area contributed by atoms with Gasteiger partial charge in [0.2, 0.25) is 0 Å². The Morgan fingerprint density at radius 1 is 0.920 bits per heavy atom. The Kier molecular flexibility index (Phi) is 4.44. The molecule has 1 fully saturated rings. The van der Waals surface area contributed by atoms with Gasteiger partial charge in [0.1, 0.15) is 12.0 Å². The summed E-state index contributed by atoms with van der Waals surface area (Å²) in [6.07, 6.45) is 2.69. The highest BCUT2D eigenvalue weighted by Gasteiger charge is 2.24. The fraction of sp³-hybridized carbons (Fsp3) is 0.474. The maximum atomic E-state index is 6.51. The number of rotatable bonds is 3. The topological polar surface area (TPSA) is 61.5 Å². The van der Waals surface area contributed by atoms with Crippen molar-refractivity contribution in [3.63, 3.8) is 0 Å². The molecule has 2 aliphatic heterocycles. The van der Waals surface area contributed by atoms with E-state index in [9.17, 15) is 0 Å². The van der Waals surface area contributed by atoms with Crippen LogP contribution in [0.15, 0.2) is 30.6 Å². The Morgan fingerprint density at radius 3 is 2.32 bits per heavy atom. The number of benzene rings is 1. The van der Waals surface area contributed by atoms with Crippen molar-refractivity contribution >= 4 is 17.3 Å². The largest absolute Gasteiger partial charge is 0.393 e. The van der Waals surface area contributed by atoms with Crippen molar-refractivity contribution < 1.29 is 0 Å². The lowest BCUT2D eigenvalue weighted by Gasteiger charge is -2.36. The molecule has 4 rings (SSSR count). The molecule has 25 heavy (non-hydrogen) atoms. The van der Waals surface area contributed by atoms with Crippen LogP contribution in [0.2, 0.25) is 0 Å². The van der Waals surface area contributed by atoms with E-state index in [0.717, 1.165) is 63.9 Å². The van der Waals surface area contributed by atoms with Gasteiger partial charge in [-0.3, -0.25) is 0 Å². The molecule has 1 saturated heterocycles. The van der Waals surface area contributed by atoms with Crippen LogP contribution in [-0.2, 0) is 13.0 Å². The van der Waals surface area contributed by atoms with E-state index < -0.39 is 0 Å². The molecule has 0 amide bonds. The van der Waals surface area contributed by atoms with Crippen LogP contribution in [0.25, 0.3) is 0 Å². The van der Waals surface area contributed by atoms with Gasteiger partial charge in [0.15, 0.2) is 11.6 Å². The van der Waals surface area contributed by atoms with Crippen molar-refractivity contribution in [2.45, 2.75) is 19.9 Å². The van der Waals surface area contributed by atoms with Gasteiger partial charge in [-0.1, -0.05) is 31.2 Å². The normalized spacial score (nSPS) is 18.3. The number of aromatic nitrogens is 2. The minimum Gasteiger partial charge on any atom is -0.393 e. The number of anilines is 3. The zero-order valence-corrected chi connectivity index (χ0v) is 14.9. The van der Waals surface area contributed by atoms with E-state index in [2.05, 4.69) is 55.9 Å². The molecule has 2 aromatic rings. The van der Waals surface area contributed by atoms with E-state index >= 15 is 0 Å². The summed E-state index contributed by atoms with van der Waals surface area (Å²) in [5, 5.41) is 0. The van der Waals surface area contributed by atoms with Gasteiger partial charge >= 0.3 is 0 Å². The monoisotopic (exact) mass is 338 g/mol. The maximum absolute atomic E-state index is 6.51. The molecule has 6 nitrogen and oxygen atoms in total. The average molecular weight is 338 g/mol. The van der Waals surface area contributed by atoms with E-state index in [1.54, 1.807) is 6.33 Å². The van der Waals surface area contributed by atoms with Crippen LogP contribution in [0.1, 0.15) is 18.1 Å². The van der Waals surface area contributed by atoms with Crippen molar-refractivity contribution in [3.8, 4) is 0 Å². The first-order valence-corrected chi connectivity index (χ1v) is 9.15. The predicted octanol–water partition coefficient (Wildman–Crippen LogP) is 1.76. The van der Waals surface area contributed by atoms with Crippen LogP contribution >= 0.6 is 0 Å². The van der Waals surface area contributed by atoms with Gasteiger partial charge in [0.05, 0.1) is 0 Å². The van der Waals surface area contributed by atoms with Crippen molar-refractivity contribution in [2.75, 3.05) is 54.8 Å². The number of piperazine rings is 1. The van der Waals surface area contributed by atoms with Gasteiger partial charge in [-0.2, -0.15) is 0 Å². The first kappa shape index (κ1) is 16.1. The minimum absolute atomic E-state index is 0.715. The smallest absolute Gasteiger partial charge is 0.157 e. The van der Waals surface area contributed by atoms with Crippen molar-refractivity contribution in [1.29, 1.82) is 0 Å². The fourth-order valence-electron chi connectivity index (χ4n) is 3.83. The zero-order valence-electron chi connectivity index (χ0n) is 14.9. The number of fused-ring (bicyclic) bond motifs is 1. The summed E-state index contributed by atoms with van der Waals surface area (Å²) >= 11 is 0. The summed E-state index contributed by atoms with van der Waals surface area (Å²) in [4.78, 5) is 16.0. The molecule has 2 N–H and O–H groups in total. The van der Waals surface area contributed by atoms with Crippen LogP contribution in [0.5, 0.6) is 0 Å². The van der Waals surface area contributed by atoms with Gasteiger partial charge in [0, 0.05) is 39.3 Å². The van der Waals surface area contributed by atoms with E-state index in [1.807, 2.05) is 0 Å². The fourth-order valence-corrected chi connectivity index (χ4v) is 3.83. The van der Waals surface area contributed by atoms with Gasteiger partial charge in [-0.25, -0.2) is 9.97 Å². The van der Waals surface area contributed by atoms with E-state index in [4.69, 9.17) is 5.73 Å². The van der Waals surface area contributed by atoms with Gasteiger partial charge in [-0.05, 0) is 24.1 Å². The molecular weight excluding hydrogens is 312 g/mol. The minimum atomic E-state index is 0.715. The molecule has 3 heterocycles. The van der Waals surface area contributed by atoms with Crippen LogP contribution in [0.4, 0.5) is 17.3 Å². The maximum Gasteiger partial charge on any atom is 0.157 e. The summed E-state index contributed by atoms with van der Waals surface area (Å²) in [7, 11) is 0. The number of likely N-dealkylation sites (N-methyl/N-ethyl adjacent to an activating group) is 1. The summed E-state index contributed by atoms with van der Waals surface area (Å²) in [5.74, 6) is 1.76. The molecule has 6 heteroatoms. The molecule has 0 spiro atoms. The van der Waals surface area contributed by atoms with Crippen LogP contribution < -0.4 is 15.5 Å². The second kappa shape index (κ2) is 6.88. The average Bonchev–Trinajstić information content (AvgIpc) is 2.68. The zero-order chi connectivity index (χ0) is 17.2. The first-order valence-electron chi connectivity index (χ1n) is 9.15. The summed E-state index contributed by atoms with van der Waals surface area (Å²) < 4.78 is 0. The van der Waals surface area contributed by atoms with E-state index in [1.165, 1.54) is 11.1 Å². The highest BCUT2D eigenvalue weighted by atomic mass is 15.3. The summed E-state index contributed by atoms with van der Waals surface area (Å²) in [6, 6.07) is 8.63. The van der Waals surface area contributed by atoms with E-state index in [-0.39, 0.29) is 0 Å². The van der Waals surface area contributed by atoms with Gasteiger partial charge in [0.25, 0.3) is 0 Å². The number of nitrogen functional groups attached to an aromatic ring is 1. The Labute approximate surface area is 149 Å². The van der Waals surface area contributed by atoms with Crippen molar-refractivity contribution in [3.05, 3.63) is 41.7 Å². The number of nitrogens with zero attached hydrogens (tertiary/aromatic N) is 5. The predicted molar refractivity (Wildman–Crippen MR) is 102 cm³/mol. The molecule has 0 bridgehead atoms. The molecule has 1 aromatic heterocycles. The quantitative estimate of drug-likeness (QED) is 0.920. The summed E-state index contributed by atoms with van der Waals surface area (Å²) in [5.41, 5.74) is 10.0. The molecule has 2 aliphatic rings. The molecule has 132 valence electrons. The molecule has 0 aliphatic carbocycles. The Bertz CT molecular complexity index is 738. The molecule has 0 radical (unpaired) electrons. The van der Waals surface area contributed by atoms with Gasteiger partial charge < -0.3 is 20.4 Å². The van der Waals surface area contributed by atoms with Crippen LogP contribution in [0, 0.1) is 0 Å². The Hall–Kier alpha value is -2.34. The second-order valence-electron chi connectivity index (χ2n) is 6.80. The third-order valence-electron chi connectivity index (χ3n) is 5.39. The molecule has 1 aromatic carbocycles. The lowest BCUT2D eigenvalue weighted by molar-refractivity contribution is 0.270.